The van der Waals surface area contributed by atoms with Crippen LogP contribution in [0.15, 0.2) is 0 Å². The second-order valence-electron chi connectivity index (χ2n) is 7.07. The molecule has 1 saturated heterocycles. The molecule has 0 aliphatic carbocycles. The number of ether oxygens (including phenoxy) is 2. The molecule has 0 aromatic carbocycles. The lowest BCUT2D eigenvalue weighted by molar-refractivity contribution is -0.110. The zero-order chi connectivity index (χ0) is 14.7. The maximum Gasteiger partial charge on any atom is 0.0690 e. The number of methoxy groups -OCH3 is 1. The molecule has 19 heavy (non-hydrogen) atoms. The van der Waals surface area contributed by atoms with Gasteiger partial charge >= 0.3 is 0 Å². The minimum Gasteiger partial charge on any atom is -0.390 e. The van der Waals surface area contributed by atoms with Crippen LogP contribution >= 0.6 is 0 Å². The van der Waals surface area contributed by atoms with Gasteiger partial charge in [-0.3, -0.25) is 0 Å². The van der Waals surface area contributed by atoms with Crippen LogP contribution in [0.1, 0.15) is 47.5 Å². The Kier molecular flexibility index (Phi) is 5.41. The van der Waals surface area contributed by atoms with Crippen LogP contribution in [-0.2, 0) is 9.47 Å². The quantitative estimate of drug-likeness (QED) is 0.696. The summed E-state index contributed by atoms with van der Waals surface area (Å²) < 4.78 is 11.1. The van der Waals surface area contributed by atoms with Gasteiger partial charge in [0.15, 0.2) is 0 Å². The standard InChI is InChI=1S/C15H31NO3/c1-13(2)11-12(14(3,4)19-13)15(5,17)7-8-16-9-10-18-6/h12,16-17H,7-11H2,1-6H3. The summed E-state index contributed by atoms with van der Waals surface area (Å²) in [7, 11) is 1.69. The van der Waals surface area contributed by atoms with E-state index in [4.69, 9.17) is 9.47 Å². The van der Waals surface area contributed by atoms with Crippen molar-refractivity contribution in [1.82, 2.24) is 5.32 Å². The zero-order valence-corrected chi connectivity index (χ0v) is 13.4. The van der Waals surface area contributed by atoms with Crippen LogP contribution in [-0.4, -0.2) is 48.7 Å². The summed E-state index contributed by atoms with van der Waals surface area (Å²) in [4.78, 5) is 0. The molecule has 0 amide bonds. The van der Waals surface area contributed by atoms with Gasteiger partial charge in [0.25, 0.3) is 0 Å². The summed E-state index contributed by atoms with van der Waals surface area (Å²) in [6, 6.07) is 0. The van der Waals surface area contributed by atoms with E-state index in [0.29, 0.717) is 6.61 Å². The van der Waals surface area contributed by atoms with Crippen molar-refractivity contribution in [2.24, 2.45) is 5.92 Å². The van der Waals surface area contributed by atoms with E-state index >= 15 is 0 Å². The van der Waals surface area contributed by atoms with Crippen LogP contribution in [0.25, 0.3) is 0 Å². The van der Waals surface area contributed by atoms with Crippen LogP contribution in [0.2, 0.25) is 0 Å². The van der Waals surface area contributed by atoms with Crippen LogP contribution in [0.4, 0.5) is 0 Å². The lowest BCUT2D eigenvalue weighted by Crippen LogP contribution is -2.46. The normalized spacial score (nSPS) is 28.3. The molecular formula is C15H31NO3. The van der Waals surface area contributed by atoms with E-state index in [-0.39, 0.29) is 17.1 Å². The molecule has 0 aromatic rings. The van der Waals surface area contributed by atoms with Gasteiger partial charge in [-0.2, -0.15) is 0 Å². The van der Waals surface area contributed by atoms with Gasteiger partial charge in [0.2, 0.25) is 0 Å². The topological polar surface area (TPSA) is 50.7 Å². The highest BCUT2D eigenvalue weighted by atomic mass is 16.5. The molecule has 2 unspecified atom stereocenters. The van der Waals surface area contributed by atoms with E-state index in [9.17, 15) is 5.11 Å². The van der Waals surface area contributed by atoms with Gasteiger partial charge < -0.3 is 19.9 Å². The number of hydrogen-bond acceptors (Lipinski definition) is 4. The lowest BCUT2D eigenvalue weighted by atomic mass is 9.74. The second-order valence-corrected chi connectivity index (χ2v) is 7.07. The zero-order valence-electron chi connectivity index (χ0n) is 13.4. The van der Waals surface area contributed by atoms with Crippen molar-refractivity contribution < 1.29 is 14.6 Å². The fourth-order valence-electron chi connectivity index (χ4n) is 3.35. The highest BCUT2D eigenvalue weighted by Gasteiger charge is 2.52. The monoisotopic (exact) mass is 273 g/mol. The highest BCUT2D eigenvalue weighted by Crippen LogP contribution is 2.47. The molecule has 0 radical (unpaired) electrons. The molecule has 0 bridgehead atoms. The first-order chi connectivity index (χ1) is 8.61. The van der Waals surface area contributed by atoms with Crippen molar-refractivity contribution in [1.29, 1.82) is 0 Å². The molecular weight excluding hydrogens is 242 g/mol. The van der Waals surface area contributed by atoms with Crippen LogP contribution in [0.5, 0.6) is 0 Å². The molecule has 1 aliphatic heterocycles. The molecule has 0 aromatic heterocycles. The van der Waals surface area contributed by atoms with Gasteiger partial charge in [-0.1, -0.05) is 0 Å². The van der Waals surface area contributed by atoms with Gasteiger partial charge in [-0.05, 0) is 54.0 Å². The molecule has 1 fully saturated rings. The molecule has 1 rings (SSSR count). The lowest BCUT2D eigenvalue weighted by Gasteiger charge is -2.37. The second kappa shape index (κ2) is 6.08. The molecule has 1 heterocycles. The van der Waals surface area contributed by atoms with E-state index in [2.05, 4.69) is 33.0 Å². The number of nitrogens with one attached hydrogen (secondary N) is 1. The van der Waals surface area contributed by atoms with E-state index < -0.39 is 5.60 Å². The maximum absolute atomic E-state index is 10.8. The fourth-order valence-corrected chi connectivity index (χ4v) is 3.35. The summed E-state index contributed by atoms with van der Waals surface area (Å²) in [5, 5.41) is 14.1. The predicted molar refractivity (Wildman–Crippen MR) is 77.3 cm³/mol. The molecule has 0 spiro atoms. The van der Waals surface area contributed by atoms with Gasteiger partial charge in [0, 0.05) is 19.6 Å². The third kappa shape index (κ3) is 4.71. The predicted octanol–water partition coefficient (Wildman–Crippen LogP) is 1.96. The smallest absolute Gasteiger partial charge is 0.0690 e. The Bertz CT molecular complexity index is 287. The van der Waals surface area contributed by atoms with Crippen LogP contribution in [0.3, 0.4) is 0 Å². The number of aliphatic hydroxyl groups is 1. The van der Waals surface area contributed by atoms with Crippen molar-refractivity contribution in [3.8, 4) is 0 Å². The molecule has 1 aliphatic rings. The minimum absolute atomic E-state index is 0.151. The Morgan fingerprint density at radius 1 is 1.32 bits per heavy atom. The summed E-state index contributed by atoms with van der Waals surface area (Å²) in [6.45, 7) is 12.6. The average Bonchev–Trinajstić information content (AvgIpc) is 2.47. The van der Waals surface area contributed by atoms with Gasteiger partial charge in [-0.15, -0.1) is 0 Å². The van der Waals surface area contributed by atoms with E-state index in [0.717, 1.165) is 25.9 Å². The molecule has 4 heteroatoms. The highest BCUT2D eigenvalue weighted by molar-refractivity contribution is 5.02. The largest absolute Gasteiger partial charge is 0.390 e. The number of hydrogen-bond donors (Lipinski definition) is 2. The Labute approximate surface area is 117 Å². The Morgan fingerprint density at radius 2 is 1.95 bits per heavy atom. The molecule has 2 N–H and O–H groups in total. The van der Waals surface area contributed by atoms with Gasteiger partial charge in [-0.25, -0.2) is 0 Å². The number of rotatable bonds is 7. The molecule has 114 valence electrons. The Hall–Kier alpha value is -0.160. The van der Waals surface area contributed by atoms with E-state index in [1.165, 1.54) is 0 Å². The summed E-state index contributed by atoms with van der Waals surface area (Å²) in [5.41, 5.74) is -1.14. The van der Waals surface area contributed by atoms with Crippen molar-refractivity contribution in [3.63, 3.8) is 0 Å². The molecule has 0 saturated carbocycles. The van der Waals surface area contributed by atoms with Gasteiger partial charge in [0.1, 0.15) is 0 Å². The summed E-state index contributed by atoms with van der Waals surface area (Å²) in [6.07, 6.45) is 1.62. The van der Waals surface area contributed by atoms with Crippen LogP contribution in [0, 0.1) is 5.92 Å². The van der Waals surface area contributed by atoms with Crippen molar-refractivity contribution in [2.45, 2.75) is 64.3 Å². The maximum atomic E-state index is 10.8. The first-order valence-electron chi connectivity index (χ1n) is 7.23. The Morgan fingerprint density at radius 3 is 2.42 bits per heavy atom. The van der Waals surface area contributed by atoms with Gasteiger partial charge in [0.05, 0.1) is 23.4 Å². The average molecular weight is 273 g/mol. The van der Waals surface area contributed by atoms with E-state index in [1.807, 2.05) is 6.92 Å². The molecule has 2 atom stereocenters. The van der Waals surface area contributed by atoms with Crippen molar-refractivity contribution in [3.05, 3.63) is 0 Å². The minimum atomic E-state index is -0.711. The SMILES string of the molecule is COCCNCCC(C)(O)C1CC(C)(C)OC1(C)C. The van der Waals surface area contributed by atoms with Crippen molar-refractivity contribution >= 4 is 0 Å². The first kappa shape index (κ1) is 16.9. The van der Waals surface area contributed by atoms with E-state index in [1.54, 1.807) is 7.11 Å². The summed E-state index contributed by atoms with van der Waals surface area (Å²) in [5.74, 6) is 0.152. The van der Waals surface area contributed by atoms with Crippen molar-refractivity contribution in [2.75, 3.05) is 26.8 Å². The molecule has 4 nitrogen and oxygen atoms in total. The fraction of sp³-hybridized carbons (Fsp3) is 1.00. The third-order valence-electron chi connectivity index (χ3n) is 4.12. The van der Waals surface area contributed by atoms with Crippen LogP contribution < -0.4 is 5.32 Å². The Balaban J connectivity index is 2.52. The summed E-state index contributed by atoms with van der Waals surface area (Å²) >= 11 is 0. The first-order valence-corrected chi connectivity index (χ1v) is 7.23. The third-order valence-corrected chi connectivity index (χ3v) is 4.12.